The van der Waals surface area contributed by atoms with E-state index in [-0.39, 0.29) is 18.0 Å². The Morgan fingerprint density at radius 3 is 2.42 bits per heavy atom. The topological polar surface area (TPSA) is 84.5 Å². The number of hydrogen-bond donors (Lipinski definition) is 2. The Morgan fingerprint density at radius 2 is 1.75 bits per heavy atom. The zero-order chi connectivity index (χ0) is 17.6. The van der Waals surface area contributed by atoms with Gasteiger partial charge in [-0.25, -0.2) is 13.1 Å². The second kappa shape index (κ2) is 7.94. The summed E-state index contributed by atoms with van der Waals surface area (Å²) < 4.78 is 31.7. The molecule has 0 radical (unpaired) electrons. The molecule has 2 aromatic carbocycles. The first-order valence-corrected chi connectivity index (χ1v) is 8.85. The number of aryl methyl sites for hydroxylation is 1. The third kappa shape index (κ3) is 4.81. The molecule has 0 saturated carbocycles. The van der Waals surface area contributed by atoms with Gasteiger partial charge in [-0.15, -0.1) is 0 Å². The largest absolute Gasteiger partial charge is 0.496 e. The van der Waals surface area contributed by atoms with Crippen molar-refractivity contribution in [2.45, 2.75) is 18.4 Å². The van der Waals surface area contributed by atoms with Gasteiger partial charge in [0.2, 0.25) is 15.9 Å². The van der Waals surface area contributed by atoms with Crippen molar-refractivity contribution in [3.05, 3.63) is 59.7 Å². The lowest BCUT2D eigenvalue weighted by molar-refractivity contribution is -0.120. The van der Waals surface area contributed by atoms with Crippen LogP contribution in [0.1, 0.15) is 11.1 Å². The van der Waals surface area contributed by atoms with Crippen LogP contribution in [0.15, 0.2) is 53.4 Å². The minimum atomic E-state index is -3.70. The van der Waals surface area contributed by atoms with Gasteiger partial charge in [-0.3, -0.25) is 4.79 Å². The summed E-state index contributed by atoms with van der Waals surface area (Å²) in [6.45, 7) is 1.80. The molecule has 2 aromatic rings. The van der Waals surface area contributed by atoms with Gasteiger partial charge in [0.15, 0.2) is 0 Å². The number of sulfonamides is 1. The molecule has 24 heavy (non-hydrogen) atoms. The average molecular weight is 348 g/mol. The molecule has 0 atom stereocenters. The Morgan fingerprint density at radius 1 is 1.08 bits per heavy atom. The minimum Gasteiger partial charge on any atom is -0.496 e. The zero-order valence-electron chi connectivity index (χ0n) is 13.6. The summed E-state index contributed by atoms with van der Waals surface area (Å²) >= 11 is 0. The van der Waals surface area contributed by atoms with E-state index in [0.29, 0.717) is 5.75 Å². The Balaban J connectivity index is 1.90. The highest BCUT2D eigenvalue weighted by Gasteiger charge is 2.15. The van der Waals surface area contributed by atoms with Gasteiger partial charge in [0.05, 0.1) is 18.6 Å². The Kier molecular flexibility index (Phi) is 5.94. The molecule has 2 N–H and O–H groups in total. The monoisotopic (exact) mass is 348 g/mol. The lowest BCUT2D eigenvalue weighted by atomic mass is 10.2. The fourth-order valence-electron chi connectivity index (χ4n) is 2.07. The first kappa shape index (κ1) is 18.0. The molecule has 0 aliphatic rings. The molecule has 0 bridgehead atoms. The number of amides is 1. The fraction of sp³-hybridized carbons (Fsp3) is 0.235. The van der Waals surface area contributed by atoms with Crippen LogP contribution in [0.25, 0.3) is 0 Å². The zero-order valence-corrected chi connectivity index (χ0v) is 14.4. The molecular formula is C17H20N2O4S. The van der Waals surface area contributed by atoms with Crippen molar-refractivity contribution in [3.8, 4) is 5.75 Å². The third-order valence-corrected chi connectivity index (χ3v) is 4.84. The molecule has 7 heteroatoms. The number of carbonyl (C=O) groups excluding carboxylic acids is 1. The maximum absolute atomic E-state index is 12.1. The molecular weight excluding hydrogens is 328 g/mol. The van der Waals surface area contributed by atoms with Gasteiger partial charge >= 0.3 is 0 Å². The van der Waals surface area contributed by atoms with Crippen LogP contribution in [-0.4, -0.2) is 28.0 Å². The van der Waals surface area contributed by atoms with Crippen molar-refractivity contribution >= 4 is 15.9 Å². The summed E-state index contributed by atoms with van der Waals surface area (Å²) in [4.78, 5) is 12.0. The molecule has 2 rings (SSSR count). The van der Waals surface area contributed by atoms with E-state index in [1.807, 2.05) is 25.1 Å². The van der Waals surface area contributed by atoms with Gasteiger partial charge in [0, 0.05) is 12.1 Å². The van der Waals surface area contributed by atoms with E-state index in [1.165, 1.54) is 12.1 Å². The number of benzene rings is 2. The molecule has 0 saturated heterocycles. The van der Waals surface area contributed by atoms with Crippen molar-refractivity contribution in [2.24, 2.45) is 0 Å². The van der Waals surface area contributed by atoms with Crippen LogP contribution in [-0.2, 0) is 21.4 Å². The van der Waals surface area contributed by atoms with Gasteiger partial charge in [-0.1, -0.05) is 35.9 Å². The van der Waals surface area contributed by atoms with E-state index >= 15 is 0 Å². The predicted octanol–water partition coefficient (Wildman–Crippen LogP) is 1.60. The lowest BCUT2D eigenvalue weighted by Crippen LogP contribution is -2.36. The molecule has 0 unspecified atom stereocenters. The molecule has 0 fully saturated rings. The summed E-state index contributed by atoms with van der Waals surface area (Å²) in [6, 6.07) is 13.7. The van der Waals surface area contributed by atoms with Crippen LogP contribution in [0.3, 0.4) is 0 Å². The van der Waals surface area contributed by atoms with E-state index in [1.54, 1.807) is 25.3 Å². The van der Waals surface area contributed by atoms with Gasteiger partial charge < -0.3 is 10.1 Å². The number of nitrogens with one attached hydrogen (secondary N) is 2. The Hall–Kier alpha value is -2.38. The number of carbonyl (C=O) groups is 1. The smallest absolute Gasteiger partial charge is 0.241 e. The number of hydrogen-bond acceptors (Lipinski definition) is 4. The van der Waals surface area contributed by atoms with Crippen molar-refractivity contribution < 1.29 is 17.9 Å². The molecule has 0 heterocycles. The molecule has 0 aliphatic heterocycles. The molecule has 6 nitrogen and oxygen atoms in total. The van der Waals surface area contributed by atoms with E-state index in [0.717, 1.165) is 11.1 Å². The summed E-state index contributed by atoms with van der Waals surface area (Å²) in [5, 5.41) is 2.66. The normalized spacial score (nSPS) is 11.1. The van der Waals surface area contributed by atoms with Crippen LogP contribution >= 0.6 is 0 Å². The summed E-state index contributed by atoms with van der Waals surface area (Å²) in [5.41, 5.74) is 1.78. The summed E-state index contributed by atoms with van der Waals surface area (Å²) in [7, 11) is -2.15. The first-order valence-electron chi connectivity index (χ1n) is 7.37. The number of rotatable bonds is 7. The second-order valence-corrected chi connectivity index (χ2v) is 6.99. The minimum absolute atomic E-state index is 0.130. The SMILES string of the molecule is COc1ccccc1CNC(=O)CNS(=O)(=O)c1ccc(C)cc1. The van der Waals surface area contributed by atoms with Gasteiger partial charge in [0.1, 0.15) is 5.75 Å². The third-order valence-electron chi connectivity index (χ3n) is 3.42. The maximum Gasteiger partial charge on any atom is 0.241 e. The fourth-order valence-corrected chi connectivity index (χ4v) is 3.05. The quantitative estimate of drug-likeness (QED) is 0.796. The molecule has 128 valence electrons. The van der Waals surface area contributed by atoms with E-state index < -0.39 is 15.9 Å². The summed E-state index contributed by atoms with van der Waals surface area (Å²) in [5.74, 6) is 0.245. The second-order valence-electron chi connectivity index (χ2n) is 5.23. The van der Waals surface area contributed by atoms with E-state index in [4.69, 9.17) is 4.74 Å². The van der Waals surface area contributed by atoms with E-state index in [9.17, 15) is 13.2 Å². The lowest BCUT2D eigenvalue weighted by Gasteiger charge is -2.10. The molecule has 0 aliphatic carbocycles. The summed E-state index contributed by atoms with van der Waals surface area (Å²) in [6.07, 6.45) is 0. The Bertz CT molecular complexity index is 802. The number of methoxy groups -OCH3 is 1. The molecule has 1 amide bonds. The number of ether oxygens (including phenoxy) is 1. The maximum atomic E-state index is 12.1. The van der Waals surface area contributed by atoms with Crippen molar-refractivity contribution in [3.63, 3.8) is 0 Å². The highest BCUT2D eigenvalue weighted by Crippen LogP contribution is 2.16. The number of para-hydroxylation sites is 1. The van der Waals surface area contributed by atoms with Crippen LogP contribution in [0.5, 0.6) is 5.75 Å². The van der Waals surface area contributed by atoms with Crippen molar-refractivity contribution in [2.75, 3.05) is 13.7 Å². The average Bonchev–Trinajstić information content (AvgIpc) is 2.59. The van der Waals surface area contributed by atoms with Crippen LogP contribution in [0.2, 0.25) is 0 Å². The van der Waals surface area contributed by atoms with Crippen molar-refractivity contribution in [1.29, 1.82) is 0 Å². The van der Waals surface area contributed by atoms with Crippen LogP contribution < -0.4 is 14.8 Å². The van der Waals surface area contributed by atoms with Crippen LogP contribution in [0.4, 0.5) is 0 Å². The van der Waals surface area contributed by atoms with Gasteiger partial charge in [-0.2, -0.15) is 0 Å². The van der Waals surface area contributed by atoms with Crippen molar-refractivity contribution in [1.82, 2.24) is 10.0 Å². The predicted molar refractivity (Wildman–Crippen MR) is 91.2 cm³/mol. The standard InChI is InChI=1S/C17H20N2O4S/c1-13-7-9-15(10-8-13)24(21,22)19-12-17(20)18-11-14-5-3-4-6-16(14)23-2/h3-10,19H,11-12H2,1-2H3,(H,18,20). The van der Waals surface area contributed by atoms with E-state index in [2.05, 4.69) is 10.0 Å². The molecule has 0 spiro atoms. The molecule has 0 aromatic heterocycles. The van der Waals surface area contributed by atoms with Crippen LogP contribution in [0, 0.1) is 6.92 Å². The van der Waals surface area contributed by atoms with Gasteiger partial charge in [-0.05, 0) is 25.1 Å². The Labute approximate surface area is 141 Å². The first-order chi connectivity index (χ1) is 11.4. The highest BCUT2D eigenvalue weighted by atomic mass is 32.2. The van der Waals surface area contributed by atoms with Gasteiger partial charge in [0.25, 0.3) is 0 Å². The highest BCUT2D eigenvalue weighted by molar-refractivity contribution is 7.89.